The zero-order valence-corrected chi connectivity index (χ0v) is 10.2. The molecule has 0 spiro atoms. The van der Waals surface area contributed by atoms with Gasteiger partial charge in [-0.25, -0.2) is 0 Å². The molecule has 0 aliphatic heterocycles. The van der Waals surface area contributed by atoms with Gasteiger partial charge in [0.25, 0.3) is 0 Å². The molecular weight excluding hydrogens is 214 g/mol. The number of hydrogen-bond acceptors (Lipinski definition) is 4. The summed E-state index contributed by atoms with van der Waals surface area (Å²) in [5.74, 6) is 0.494. The molecule has 1 aromatic rings. The van der Waals surface area contributed by atoms with Gasteiger partial charge in [0.05, 0.1) is 11.4 Å². The summed E-state index contributed by atoms with van der Waals surface area (Å²) >= 11 is 0. The van der Waals surface area contributed by atoms with Crippen molar-refractivity contribution in [1.29, 1.82) is 0 Å². The molecule has 1 heterocycles. The minimum Gasteiger partial charge on any atom is -0.389 e. The second kappa shape index (κ2) is 5.77. The van der Waals surface area contributed by atoms with E-state index in [2.05, 4.69) is 10.1 Å². The van der Waals surface area contributed by atoms with Gasteiger partial charge in [-0.3, -0.25) is 4.98 Å². The molecule has 0 unspecified atom stereocenters. The Balaban J connectivity index is 1.80. The maximum absolute atomic E-state index is 5.88. The van der Waals surface area contributed by atoms with E-state index in [-0.39, 0.29) is 0 Å². The van der Waals surface area contributed by atoms with Gasteiger partial charge in [-0.1, -0.05) is 11.2 Å². The first-order valence-corrected chi connectivity index (χ1v) is 6.07. The molecule has 0 aromatic carbocycles. The molecule has 2 atom stereocenters. The Morgan fingerprint density at radius 2 is 2.41 bits per heavy atom. The van der Waals surface area contributed by atoms with E-state index in [1.807, 2.05) is 25.1 Å². The van der Waals surface area contributed by atoms with E-state index >= 15 is 0 Å². The van der Waals surface area contributed by atoms with Gasteiger partial charge in [0, 0.05) is 18.2 Å². The first-order chi connectivity index (χ1) is 8.25. The number of hydrogen-bond donors (Lipinski definition) is 1. The third kappa shape index (κ3) is 3.53. The fraction of sp³-hybridized carbons (Fsp3) is 0.538. The Kier molecular flexibility index (Phi) is 4.09. The van der Waals surface area contributed by atoms with Gasteiger partial charge in [-0.15, -0.1) is 0 Å². The standard InChI is InChI=1S/C13H19N3O/c1-10(11-5-6-12(14)8-11)16-17-9-13-4-2-3-7-15-13/h2-4,7,11-12H,5-6,8-9,14H2,1H3/b16-10+/t11-,12+/m0/s1. The third-order valence-corrected chi connectivity index (χ3v) is 3.21. The lowest BCUT2D eigenvalue weighted by molar-refractivity contribution is 0.126. The number of nitrogens with two attached hydrogens (primary N) is 1. The lowest BCUT2D eigenvalue weighted by Gasteiger charge is -2.08. The van der Waals surface area contributed by atoms with Crippen molar-refractivity contribution in [2.45, 2.75) is 38.8 Å². The lowest BCUT2D eigenvalue weighted by atomic mass is 10.0. The van der Waals surface area contributed by atoms with E-state index in [4.69, 9.17) is 10.6 Å². The molecule has 1 aliphatic carbocycles. The number of aromatic nitrogens is 1. The normalized spacial score (nSPS) is 24.9. The summed E-state index contributed by atoms with van der Waals surface area (Å²) in [7, 11) is 0. The smallest absolute Gasteiger partial charge is 0.159 e. The maximum Gasteiger partial charge on any atom is 0.159 e. The first-order valence-electron chi connectivity index (χ1n) is 6.07. The van der Waals surface area contributed by atoms with Crippen LogP contribution >= 0.6 is 0 Å². The Labute approximate surface area is 102 Å². The van der Waals surface area contributed by atoms with Crippen molar-refractivity contribution in [1.82, 2.24) is 4.98 Å². The molecule has 0 bridgehead atoms. The molecule has 92 valence electrons. The molecular formula is C13H19N3O. The molecule has 1 aromatic heterocycles. The number of nitrogens with zero attached hydrogens (tertiary/aromatic N) is 2. The maximum atomic E-state index is 5.88. The Morgan fingerprint density at radius 1 is 1.53 bits per heavy atom. The van der Waals surface area contributed by atoms with Gasteiger partial charge in [-0.2, -0.15) is 0 Å². The predicted octanol–water partition coefficient (Wildman–Crippen LogP) is 2.10. The Morgan fingerprint density at radius 3 is 3.06 bits per heavy atom. The zero-order valence-electron chi connectivity index (χ0n) is 10.2. The van der Waals surface area contributed by atoms with Gasteiger partial charge in [-0.05, 0) is 38.3 Å². The van der Waals surface area contributed by atoms with Crippen LogP contribution in [0.5, 0.6) is 0 Å². The SMILES string of the molecule is C/C(=N\OCc1ccccn1)[C@H]1CC[C@@H](N)C1. The zero-order chi connectivity index (χ0) is 12.1. The van der Waals surface area contributed by atoms with Crippen molar-refractivity contribution >= 4 is 5.71 Å². The average molecular weight is 233 g/mol. The summed E-state index contributed by atoms with van der Waals surface area (Å²) < 4.78 is 0. The van der Waals surface area contributed by atoms with Gasteiger partial charge >= 0.3 is 0 Å². The highest BCUT2D eigenvalue weighted by molar-refractivity contribution is 5.84. The monoisotopic (exact) mass is 233 g/mol. The molecule has 1 aliphatic rings. The number of pyridine rings is 1. The summed E-state index contributed by atoms with van der Waals surface area (Å²) in [4.78, 5) is 9.48. The quantitative estimate of drug-likeness (QED) is 0.640. The second-order valence-electron chi connectivity index (χ2n) is 4.60. The molecule has 0 radical (unpaired) electrons. The van der Waals surface area contributed by atoms with E-state index in [1.165, 1.54) is 0 Å². The summed E-state index contributed by atoms with van der Waals surface area (Å²) in [5, 5.41) is 4.16. The second-order valence-corrected chi connectivity index (χ2v) is 4.60. The van der Waals surface area contributed by atoms with Crippen LogP contribution in [0.4, 0.5) is 0 Å². The predicted molar refractivity (Wildman–Crippen MR) is 67.5 cm³/mol. The fourth-order valence-corrected chi connectivity index (χ4v) is 2.15. The molecule has 2 N–H and O–H groups in total. The Hall–Kier alpha value is -1.42. The molecule has 17 heavy (non-hydrogen) atoms. The van der Waals surface area contributed by atoms with Crippen molar-refractivity contribution in [2.75, 3.05) is 0 Å². The minimum absolute atomic E-state index is 0.334. The van der Waals surface area contributed by atoms with Crippen molar-refractivity contribution in [3.63, 3.8) is 0 Å². The average Bonchev–Trinajstić information content (AvgIpc) is 2.77. The summed E-state index contributed by atoms with van der Waals surface area (Å²) in [6, 6.07) is 6.09. The minimum atomic E-state index is 0.334. The van der Waals surface area contributed by atoms with Crippen LogP contribution in [0.3, 0.4) is 0 Å². The third-order valence-electron chi connectivity index (χ3n) is 3.21. The molecule has 1 fully saturated rings. The highest BCUT2D eigenvalue weighted by Gasteiger charge is 2.24. The summed E-state index contributed by atoms with van der Waals surface area (Å²) in [5.41, 5.74) is 7.82. The molecule has 2 rings (SSSR count). The van der Waals surface area contributed by atoms with Crippen LogP contribution in [0.2, 0.25) is 0 Å². The van der Waals surface area contributed by atoms with Crippen LogP contribution in [0.25, 0.3) is 0 Å². The van der Waals surface area contributed by atoms with Crippen LogP contribution < -0.4 is 5.73 Å². The van der Waals surface area contributed by atoms with Crippen LogP contribution in [0.1, 0.15) is 31.9 Å². The molecule has 1 saturated carbocycles. The van der Waals surface area contributed by atoms with E-state index in [0.29, 0.717) is 18.6 Å². The van der Waals surface area contributed by atoms with Gasteiger partial charge in [0.2, 0.25) is 0 Å². The molecule has 4 heteroatoms. The first kappa shape index (κ1) is 12.0. The highest BCUT2D eigenvalue weighted by Crippen LogP contribution is 2.25. The van der Waals surface area contributed by atoms with Gasteiger partial charge in [0.1, 0.15) is 0 Å². The highest BCUT2D eigenvalue weighted by atomic mass is 16.6. The van der Waals surface area contributed by atoms with Crippen molar-refractivity contribution in [3.8, 4) is 0 Å². The summed E-state index contributed by atoms with van der Waals surface area (Å²) in [6.07, 6.45) is 5.01. The fourth-order valence-electron chi connectivity index (χ4n) is 2.15. The number of rotatable bonds is 4. The van der Waals surface area contributed by atoms with E-state index in [1.54, 1.807) is 6.20 Å². The van der Waals surface area contributed by atoms with Crippen molar-refractivity contribution in [2.24, 2.45) is 16.8 Å². The largest absolute Gasteiger partial charge is 0.389 e. The van der Waals surface area contributed by atoms with Gasteiger partial charge < -0.3 is 10.6 Å². The van der Waals surface area contributed by atoms with Crippen molar-refractivity contribution in [3.05, 3.63) is 30.1 Å². The summed E-state index contributed by atoms with van der Waals surface area (Å²) in [6.45, 7) is 2.44. The van der Waals surface area contributed by atoms with E-state index < -0.39 is 0 Å². The van der Waals surface area contributed by atoms with Gasteiger partial charge in [0.15, 0.2) is 6.61 Å². The molecule has 0 saturated heterocycles. The van der Waals surface area contributed by atoms with E-state index in [9.17, 15) is 0 Å². The van der Waals surface area contributed by atoms with Crippen molar-refractivity contribution < 1.29 is 4.84 Å². The topological polar surface area (TPSA) is 60.5 Å². The van der Waals surface area contributed by atoms with Crippen LogP contribution in [-0.2, 0) is 11.4 Å². The number of oxime groups is 1. The van der Waals surface area contributed by atoms with Crippen LogP contribution in [-0.4, -0.2) is 16.7 Å². The Bertz CT molecular complexity index is 378. The lowest BCUT2D eigenvalue weighted by Crippen LogP contribution is -2.17. The van der Waals surface area contributed by atoms with Crippen LogP contribution in [0.15, 0.2) is 29.6 Å². The van der Waals surface area contributed by atoms with Crippen LogP contribution in [0, 0.1) is 5.92 Å². The molecule has 4 nitrogen and oxygen atoms in total. The van der Waals surface area contributed by atoms with E-state index in [0.717, 1.165) is 30.7 Å². The molecule has 0 amide bonds.